The maximum absolute atomic E-state index is 13.1. The van der Waals surface area contributed by atoms with Crippen molar-refractivity contribution in [1.82, 2.24) is 14.8 Å². The molecule has 1 aromatic carbocycles. The van der Waals surface area contributed by atoms with Crippen LogP contribution in [0.3, 0.4) is 0 Å². The molecule has 222 valence electrons. The Bertz CT molecular complexity index is 1220. The fourth-order valence-electron chi connectivity index (χ4n) is 3.68. The minimum absolute atomic E-state index is 0.00623. The van der Waals surface area contributed by atoms with Crippen LogP contribution in [0.5, 0.6) is 0 Å². The van der Waals surface area contributed by atoms with Crippen LogP contribution in [0.1, 0.15) is 22.4 Å². The summed E-state index contributed by atoms with van der Waals surface area (Å²) in [5, 5.41) is 2.13. The van der Waals surface area contributed by atoms with Crippen LogP contribution in [0.15, 0.2) is 58.2 Å². The number of amides is 2. The molecule has 0 atom stereocenters. The molecule has 1 N–H and O–H groups in total. The van der Waals surface area contributed by atoms with Crippen LogP contribution in [0.2, 0.25) is 4.94 Å². The Hall–Kier alpha value is -3.01. The zero-order chi connectivity index (χ0) is 30.8. The van der Waals surface area contributed by atoms with Gasteiger partial charge in [0.15, 0.2) is 5.82 Å². The monoisotopic (exact) mass is 712 g/mol. The molecule has 2 radical (unpaired) electrons. The number of urea groups is 1. The average Bonchev–Trinajstić information content (AvgIpc) is 2.90. The molecule has 1 saturated heterocycles. The van der Waals surface area contributed by atoms with Crippen LogP contribution >= 0.6 is 8.92 Å². The number of rotatable bonds is 7. The average molecular weight is 712 g/mol. The third-order valence-corrected chi connectivity index (χ3v) is 5.53. The Balaban J connectivity index is 0.00000187. The fraction of sp³-hybridized carbons (Fsp3) is 0.360. The molecule has 1 aromatic heterocycles. The molecule has 2 heterocycles. The number of nitrogens with one attached hydrogen (secondary N) is 1. The molecule has 3 rings (SSSR count). The van der Waals surface area contributed by atoms with Gasteiger partial charge in [0, 0.05) is 43.8 Å². The molecule has 41 heavy (non-hydrogen) atoms. The molecule has 0 bridgehead atoms. The summed E-state index contributed by atoms with van der Waals surface area (Å²) in [5.74, 6) is 0.384. The zero-order valence-corrected chi connectivity index (χ0v) is 25.7. The maximum atomic E-state index is 13.1. The van der Waals surface area contributed by atoms with Gasteiger partial charge < -0.3 is 19.9 Å². The van der Waals surface area contributed by atoms with Crippen molar-refractivity contribution in [2.45, 2.75) is 30.8 Å². The van der Waals surface area contributed by atoms with E-state index in [1.807, 2.05) is 13.0 Å². The molecular weight excluding hydrogens is 684 g/mol. The van der Waals surface area contributed by atoms with Gasteiger partial charge in [0.25, 0.3) is 5.88 Å². The summed E-state index contributed by atoms with van der Waals surface area (Å²) >= 11 is -0.298. The number of ether oxygens (including phenoxy) is 1. The van der Waals surface area contributed by atoms with Gasteiger partial charge in [0.1, 0.15) is 6.61 Å². The van der Waals surface area contributed by atoms with Crippen molar-refractivity contribution in [3.05, 3.63) is 70.6 Å². The van der Waals surface area contributed by atoms with Crippen LogP contribution in [-0.2, 0) is 23.7 Å². The van der Waals surface area contributed by atoms with E-state index < -0.39 is 35.2 Å². The zero-order valence-electron chi connectivity index (χ0n) is 22.1. The van der Waals surface area contributed by atoms with E-state index in [0.29, 0.717) is 12.1 Å². The van der Waals surface area contributed by atoms with Gasteiger partial charge in [-0.3, -0.25) is 4.98 Å². The minimum atomic E-state index is -5.03. The molecule has 0 aliphatic carbocycles. The molecule has 0 unspecified atom stereocenters. The number of pyridine rings is 1. The van der Waals surface area contributed by atoms with E-state index in [1.54, 1.807) is 17.2 Å². The van der Waals surface area contributed by atoms with Crippen molar-refractivity contribution >= 4 is 54.1 Å². The fourth-order valence-corrected chi connectivity index (χ4v) is 3.68. The predicted octanol–water partition coefficient (Wildman–Crippen LogP) is 6.21. The van der Waals surface area contributed by atoms with Gasteiger partial charge in [-0.1, -0.05) is 0 Å². The van der Waals surface area contributed by atoms with Gasteiger partial charge >= 0.3 is 52.3 Å². The number of aromatic nitrogens is 1. The summed E-state index contributed by atoms with van der Waals surface area (Å²) in [5.41, 5.74) is -2.02. The van der Waals surface area contributed by atoms with Gasteiger partial charge in [-0.05, 0) is 56.3 Å². The number of aryl methyl sites for hydroxylation is 1. The number of benzene rings is 1. The molecule has 8 nitrogen and oxygen atoms in total. The molecular formula is C25H27ClF6N6O2Sn. The topological polar surface area (TPSA) is 82.4 Å². The van der Waals surface area contributed by atoms with Gasteiger partial charge in [-0.15, -0.1) is 0 Å². The van der Waals surface area contributed by atoms with E-state index in [-0.39, 0.29) is 70.6 Å². The first-order chi connectivity index (χ1) is 19.2. The number of nitrogens with zero attached hydrogens (tertiary/aromatic N) is 5. The number of hydrogen-bond acceptors (Lipinski definition) is 6. The normalized spacial score (nSPS) is 14.4. The third kappa shape index (κ3) is 10.4. The molecule has 16 heteroatoms. The first-order valence-corrected chi connectivity index (χ1v) is 18.3. The second-order valence-electron chi connectivity index (χ2n) is 8.43. The number of anilines is 1. The van der Waals surface area contributed by atoms with Crippen LogP contribution in [0, 0.1) is 6.92 Å². The molecule has 1 aliphatic heterocycles. The van der Waals surface area contributed by atoms with E-state index in [1.165, 1.54) is 4.90 Å². The summed E-state index contributed by atoms with van der Waals surface area (Å²) < 4.78 is 84.4. The van der Waals surface area contributed by atoms with Gasteiger partial charge in [-0.25, -0.2) is 14.8 Å². The molecule has 1 fully saturated rings. The first-order valence-electron chi connectivity index (χ1n) is 11.8. The SMILES string of the molecule is C=N/C(OCc1ccnc(C)c1)=C(\N=C)N1CCN(C(=O)Nc2cc(C(F)(F)F)cc(C(F)(F)F)c2)CC1.[CH3][Sn][Cl]. The molecule has 2 amide bonds. The number of halogens is 7. The number of carbonyl (C=O) groups excluding carboxylic acids is 1. The van der Waals surface area contributed by atoms with Crippen LogP contribution in [0.25, 0.3) is 0 Å². The Morgan fingerprint density at radius 1 is 1.02 bits per heavy atom. The number of carbonyl (C=O) groups is 1. The Morgan fingerprint density at radius 3 is 2.02 bits per heavy atom. The molecule has 2 aromatic rings. The van der Waals surface area contributed by atoms with Gasteiger partial charge in [-0.2, -0.15) is 26.3 Å². The van der Waals surface area contributed by atoms with Gasteiger partial charge in [0.2, 0.25) is 0 Å². The molecule has 1 aliphatic rings. The second-order valence-corrected chi connectivity index (χ2v) is 12.0. The summed E-state index contributed by atoms with van der Waals surface area (Å²) in [6.07, 6.45) is -8.41. The Kier molecular flexibility index (Phi) is 12.7. The van der Waals surface area contributed by atoms with E-state index in [9.17, 15) is 31.1 Å². The number of aliphatic imine (C=N–C) groups is 2. The van der Waals surface area contributed by atoms with Crippen molar-refractivity contribution < 1.29 is 35.9 Å². The number of hydrogen-bond donors (Lipinski definition) is 1. The summed E-state index contributed by atoms with van der Waals surface area (Å²) in [4.78, 5) is 29.6. The third-order valence-electron chi connectivity index (χ3n) is 5.53. The van der Waals surface area contributed by atoms with E-state index in [4.69, 9.17) is 13.7 Å². The second kappa shape index (κ2) is 15.3. The van der Waals surface area contributed by atoms with Crippen LogP contribution in [-0.4, -0.2) is 80.4 Å². The number of alkyl halides is 6. The van der Waals surface area contributed by atoms with Crippen molar-refractivity contribution in [3.8, 4) is 0 Å². The summed E-state index contributed by atoms with van der Waals surface area (Å²) in [6.45, 7) is 9.64. The predicted molar refractivity (Wildman–Crippen MR) is 146 cm³/mol. The Labute approximate surface area is 247 Å². The standard InChI is InChI=1S/C24H24F6N6O2.CH3.ClH.Sn/c1-15-10-16(4-5-33-15)14-38-21(32-3)20(31-2)35-6-8-36(9-7-35)22(37)34-19-12-17(23(25,26)27)11-18(13-19)24(28,29)30;;;/h4-5,10-13H,2-3,6-9,14H2,1H3,(H,34,37);1H3;1H;/q;;;+1/p-1/b21-20-;;;. The van der Waals surface area contributed by atoms with Crippen molar-refractivity contribution in [2.75, 3.05) is 31.5 Å². The van der Waals surface area contributed by atoms with Crippen LogP contribution < -0.4 is 5.32 Å². The van der Waals surface area contributed by atoms with E-state index in [2.05, 4.69) is 38.7 Å². The van der Waals surface area contributed by atoms with Crippen molar-refractivity contribution in [2.24, 2.45) is 9.98 Å². The van der Waals surface area contributed by atoms with Crippen molar-refractivity contribution in [1.29, 1.82) is 0 Å². The quantitative estimate of drug-likeness (QED) is 0.160. The van der Waals surface area contributed by atoms with E-state index >= 15 is 0 Å². The van der Waals surface area contributed by atoms with Crippen molar-refractivity contribution in [3.63, 3.8) is 0 Å². The van der Waals surface area contributed by atoms with Gasteiger partial charge in [0.05, 0.1) is 11.1 Å². The first kappa shape index (κ1) is 34.2. The molecule has 0 spiro atoms. The summed E-state index contributed by atoms with van der Waals surface area (Å²) in [7, 11) is 5.17. The van der Waals surface area contributed by atoms with E-state index in [0.717, 1.165) is 11.3 Å². The Morgan fingerprint density at radius 2 is 1.56 bits per heavy atom. The number of piperazine rings is 1. The summed E-state index contributed by atoms with van der Waals surface area (Å²) in [6, 6.07) is 3.66. The molecule has 0 saturated carbocycles. The van der Waals surface area contributed by atoms with Crippen LogP contribution in [0.4, 0.5) is 36.8 Å².